The molecule has 0 saturated heterocycles. The standard InChI is InChI=1S/C15H13FN2/c1-18(11-12-5-3-2-4-6-12)15-8-7-13(10-17)9-14(15)16/h2-9H,11H2,1H3. The Labute approximate surface area is 106 Å². The third-order valence-corrected chi connectivity index (χ3v) is 2.75. The van der Waals surface area contributed by atoms with Crippen molar-refractivity contribution >= 4 is 5.69 Å². The van der Waals surface area contributed by atoms with Gasteiger partial charge in [0, 0.05) is 13.6 Å². The first-order valence-corrected chi connectivity index (χ1v) is 5.65. The molecule has 0 amide bonds. The largest absolute Gasteiger partial charge is 0.368 e. The lowest BCUT2D eigenvalue weighted by Crippen LogP contribution is -2.17. The first-order valence-electron chi connectivity index (χ1n) is 5.65. The van der Waals surface area contributed by atoms with Crippen LogP contribution in [0.3, 0.4) is 0 Å². The molecule has 0 spiro atoms. The summed E-state index contributed by atoms with van der Waals surface area (Å²) >= 11 is 0. The number of nitriles is 1. The lowest BCUT2D eigenvalue weighted by Gasteiger charge is -2.20. The summed E-state index contributed by atoms with van der Waals surface area (Å²) in [4.78, 5) is 1.83. The van der Waals surface area contributed by atoms with E-state index in [0.29, 0.717) is 17.8 Å². The van der Waals surface area contributed by atoms with Gasteiger partial charge in [0.15, 0.2) is 0 Å². The molecule has 0 unspecified atom stereocenters. The fourth-order valence-electron chi connectivity index (χ4n) is 1.83. The Hall–Kier alpha value is -2.34. The van der Waals surface area contributed by atoms with Crippen molar-refractivity contribution in [3.8, 4) is 6.07 Å². The van der Waals surface area contributed by atoms with Gasteiger partial charge >= 0.3 is 0 Å². The van der Waals surface area contributed by atoms with Crippen molar-refractivity contribution in [3.05, 3.63) is 65.5 Å². The Morgan fingerprint density at radius 1 is 1.17 bits per heavy atom. The fraction of sp³-hybridized carbons (Fsp3) is 0.133. The van der Waals surface area contributed by atoms with Crippen molar-refractivity contribution in [2.75, 3.05) is 11.9 Å². The molecular weight excluding hydrogens is 227 g/mol. The molecule has 2 aromatic rings. The molecule has 0 aliphatic rings. The maximum atomic E-state index is 13.8. The normalized spacial score (nSPS) is 9.83. The van der Waals surface area contributed by atoms with Gasteiger partial charge in [0.1, 0.15) is 5.82 Å². The molecule has 2 nitrogen and oxygen atoms in total. The van der Waals surface area contributed by atoms with Gasteiger partial charge in [0.25, 0.3) is 0 Å². The summed E-state index contributed by atoms with van der Waals surface area (Å²) in [5.74, 6) is -0.368. The summed E-state index contributed by atoms with van der Waals surface area (Å²) in [6.07, 6.45) is 0. The molecule has 0 saturated carbocycles. The van der Waals surface area contributed by atoms with E-state index >= 15 is 0 Å². The minimum Gasteiger partial charge on any atom is -0.368 e. The number of rotatable bonds is 3. The SMILES string of the molecule is CN(Cc1ccccc1)c1ccc(C#N)cc1F. The third-order valence-electron chi connectivity index (χ3n) is 2.75. The second kappa shape index (κ2) is 5.33. The molecule has 0 bridgehead atoms. The number of benzene rings is 2. The van der Waals surface area contributed by atoms with Crippen LogP contribution in [0.4, 0.5) is 10.1 Å². The Balaban J connectivity index is 2.19. The number of hydrogen-bond acceptors (Lipinski definition) is 2. The second-order valence-corrected chi connectivity index (χ2v) is 4.12. The zero-order chi connectivity index (χ0) is 13.0. The molecule has 0 aromatic heterocycles. The second-order valence-electron chi connectivity index (χ2n) is 4.12. The van der Waals surface area contributed by atoms with Crippen LogP contribution in [-0.4, -0.2) is 7.05 Å². The third kappa shape index (κ3) is 2.67. The van der Waals surface area contributed by atoms with Gasteiger partial charge in [-0.3, -0.25) is 0 Å². The van der Waals surface area contributed by atoms with E-state index in [-0.39, 0.29) is 5.82 Å². The minimum absolute atomic E-state index is 0.337. The molecule has 0 aliphatic carbocycles. The van der Waals surface area contributed by atoms with Gasteiger partial charge in [-0.2, -0.15) is 5.26 Å². The highest BCUT2D eigenvalue weighted by Gasteiger charge is 2.08. The van der Waals surface area contributed by atoms with Crippen molar-refractivity contribution in [1.29, 1.82) is 5.26 Å². The van der Waals surface area contributed by atoms with Crippen molar-refractivity contribution in [2.24, 2.45) is 0 Å². The van der Waals surface area contributed by atoms with Gasteiger partial charge in [0.2, 0.25) is 0 Å². The smallest absolute Gasteiger partial charge is 0.147 e. The number of halogens is 1. The molecule has 0 heterocycles. The van der Waals surface area contributed by atoms with Crippen LogP contribution in [0.25, 0.3) is 0 Å². The Kier molecular flexibility index (Phi) is 3.59. The predicted molar refractivity (Wildman–Crippen MR) is 69.7 cm³/mol. The van der Waals surface area contributed by atoms with Gasteiger partial charge in [-0.05, 0) is 23.8 Å². The van der Waals surface area contributed by atoms with Gasteiger partial charge in [-0.25, -0.2) is 4.39 Å². The average molecular weight is 240 g/mol. The van der Waals surface area contributed by atoms with Crippen molar-refractivity contribution < 1.29 is 4.39 Å². The van der Waals surface area contributed by atoms with Crippen LogP contribution in [-0.2, 0) is 6.54 Å². The van der Waals surface area contributed by atoms with E-state index < -0.39 is 0 Å². The molecule has 0 aliphatic heterocycles. The molecule has 3 heteroatoms. The van der Waals surface area contributed by atoms with Gasteiger partial charge in [0.05, 0.1) is 17.3 Å². The van der Waals surface area contributed by atoms with E-state index in [1.54, 1.807) is 12.1 Å². The van der Waals surface area contributed by atoms with Crippen molar-refractivity contribution in [2.45, 2.75) is 6.54 Å². The number of nitrogens with zero attached hydrogens (tertiary/aromatic N) is 2. The van der Waals surface area contributed by atoms with Gasteiger partial charge in [-0.1, -0.05) is 30.3 Å². The monoisotopic (exact) mass is 240 g/mol. The number of hydrogen-bond donors (Lipinski definition) is 0. The van der Waals surface area contributed by atoms with E-state index in [1.807, 2.05) is 48.3 Å². The van der Waals surface area contributed by atoms with Crippen molar-refractivity contribution in [1.82, 2.24) is 0 Å². The summed E-state index contributed by atoms with van der Waals surface area (Å²) in [7, 11) is 1.83. The average Bonchev–Trinajstić information content (AvgIpc) is 2.39. The maximum Gasteiger partial charge on any atom is 0.147 e. The zero-order valence-electron chi connectivity index (χ0n) is 10.1. The quantitative estimate of drug-likeness (QED) is 0.822. The Bertz CT molecular complexity index is 573. The first kappa shape index (κ1) is 12.1. The number of anilines is 1. The van der Waals surface area contributed by atoms with E-state index in [1.165, 1.54) is 6.07 Å². The molecule has 0 radical (unpaired) electrons. The molecule has 18 heavy (non-hydrogen) atoms. The van der Waals surface area contributed by atoms with E-state index in [4.69, 9.17) is 5.26 Å². The summed E-state index contributed by atoms with van der Waals surface area (Å²) in [5, 5.41) is 8.70. The summed E-state index contributed by atoms with van der Waals surface area (Å²) in [6, 6.07) is 16.3. The van der Waals surface area contributed by atoms with Crippen LogP contribution in [0.1, 0.15) is 11.1 Å². The minimum atomic E-state index is -0.368. The topological polar surface area (TPSA) is 27.0 Å². The molecule has 90 valence electrons. The van der Waals surface area contributed by atoms with Crippen LogP contribution < -0.4 is 4.90 Å². The predicted octanol–water partition coefficient (Wildman–Crippen LogP) is 3.33. The Morgan fingerprint density at radius 3 is 2.50 bits per heavy atom. The van der Waals surface area contributed by atoms with Gasteiger partial charge < -0.3 is 4.90 Å². The van der Waals surface area contributed by atoms with Crippen LogP contribution in [0.15, 0.2) is 48.5 Å². The molecule has 0 fully saturated rings. The Morgan fingerprint density at radius 2 is 1.89 bits per heavy atom. The zero-order valence-corrected chi connectivity index (χ0v) is 10.1. The van der Waals surface area contributed by atoms with Gasteiger partial charge in [-0.15, -0.1) is 0 Å². The van der Waals surface area contributed by atoms with Crippen LogP contribution in [0.2, 0.25) is 0 Å². The highest BCUT2D eigenvalue weighted by atomic mass is 19.1. The molecule has 0 N–H and O–H groups in total. The lowest BCUT2D eigenvalue weighted by molar-refractivity contribution is 0.622. The maximum absolute atomic E-state index is 13.8. The van der Waals surface area contributed by atoms with Crippen LogP contribution >= 0.6 is 0 Å². The summed E-state index contributed by atoms with van der Waals surface area (Å²) in [6.45, 7) is 0.629. The van der Waals surface area contributed by atoms with Crippen LogP contribution in [0.5, 0.6) is 0 Å². The van der Waals surface area contributed by atoms with E-state index in [2.05, 4.69) is 0 Å². The van der Waals surface area contributed by atoms with E-state index in [0.717, 1.165) is 5.56 Å². The molecule has 2 rings (SSSR count). The molecule has 2 aromatic carbocycles. The highest BCUT2D eigenvalue weighted by molar-refractivity contribution is 5.50. The first-order chi connectivity index (χ1) is 8.70. The summed E-state index contributed by atoms with van der Waals surface area (Å²) in [5.41, 5.74) is 1.95. The van der Waals surface area contributed by atoms with E-state index in [9.17, 15) is 4.39 Å². The van der Waals surface area contributed by atoms with Crippen LogP contribution in [0, 0.1) is 17.1 Å². The highest BCUT2D eigenvalue weighted by Crippen LogP contribution is 2.20. The van der Waals surface area contributed by atoms with Crippen molar-refractivity contribution in [3.63, 3.8) is 0 Å². The molecule has 0 atom stereocenters. The fourth-order valence-corrected chi connectivity index (χ4v) is 1.83. The summed E-state index contributed by atoms with van der Waals surface area (Å²) < 4.78 is 13.8. The lowest BCUT2D eigenvalue weighted by atomic mass is 10.1. The molecular formula is C15H13FN2.